The van der Waals surface area contributed by atoms with Crippen LogP contribution in [0.3, 0.4) is 0 Å². The minimum absolute atomic E-state index is 0.383. The van der Waals surface area contributed by atoms with Gasteiger partial charge in [-0.25, -0.2) is 0 Å². The fraction of sp³-hybridized carbons (Fsp3) is 0.500. The van der Waals surface area contributed by atoms with E-state index in [1.54, 1.807) is 12.3 Å². The Kier molecular flexibility index (Phi) is 3.67. The first kappa shape index (κ1) is 13.5. The van der Waals surface area contributed by atoms with Gasteiger partial charge in [0, 0.05) is 17.4 Å². The highest BCUT2D eigenvalue weighted by Crippen LogP contribution is 2.27. The highest BCUT2D eigenvalue weighted by Gasteiger charge is 2.21. The largest absolute Gasteiger partial charge is 0.497 e. The van der Waals surface area contributed by atoms with Crippen LogP contribution in [0.25, 0.3) is 10.9 Å². The van der Waals surface area contributed by atoms with Crippen LogP contribution in [0.2, 0.25) is 0 Å². The van der Waals surface area contributed by atoms with Crippen LogP contribution in [-0.2, 0) is 6.54 Å². The Bertz CT molecular complexity index is 606. The van der Waals surface area contributed by atoms with Crippen molar-refractivity contribution in [2.75, 3.05) is 7.11 Å². The number of ether oxygens (including phenoxy) is 1. The summed E-state index contributed by atoms with van der Waals surface area (Å²) in [5.74, 6) is 1.16. The molecule has 1 aromatic carbocycles. The molecule has 1 aromatic heterocycles. The Morgan fingerprint density at radius 3 is 2.75 bits per heavy atom. The zero-order chi connectivity index (χ0) is 14.1. The maximum absolute atomic E-state index is 9.45. The summed E-state index contributed by atoms with van der Waals surface area (Å²) in [6, 6.07) is 3.57. The summed E-state index contributed by atoms with van der Waals surface area (Å²) >= 11 is 0. The van der Waals surface area contributed by atoms with Crippen LogP contribution < -0.4 is 10.2 Å². The number of nitrogens with zero attached hydrogens (tertiary/aromatic N) is 2. The molecule has 2 aromatic rings. The van der Waals surface area contributed by atoms with E-state index in [2.05, 4.69) is 5.10 Å². The Morgan fingerprint density at radius 1 is 1.35 bits per heavy atom. The Morgan fingerprint density at radius 2 is 2.10 bits per heavy atom. The van der Waals surface area contributed by atoms with E-state index in [1.165, 1.54) is 32.8 Å². The van der Waals surface area contributed by atoms with E-state index in [-0.39, 0.29) is 0 Å². The van der Waals surface area contributed by atoms with Crippen molar-refractivity contribution in [1.82, 2.24) is 9.78 Å². The molecule has 0 bridgehead atoms. The molecule has 0 spiro atoms. The molecule has 6 heteroatoms. The Balaban J connectivity index is 1.99. The summed E-state index contributed by atoms with van der Waals surface area (Å²) < 4.78 is 7.17. The molecule has 1 fully saturated rings. The first-order valence-corrected chi connectivity index (χ1v) is 7.08. The van der Waals surface area contributed by atoms with Crippen molar-refractivity contribution in [1.29, 1.82) is 0 Å². The van der Waals surface area contributed by atoms with E-state index in [0.29, 0.717) is 17.1 Å². The lowest BCUT2D eigenvalue weighted by Crippen LogP contribution is -2.31. The summed E-state index contributed by atoms with van der Waals surface area (Å²) in [4.78, 5) is 0. The van der Waals surface area contributed by atoms with Gasteiger partial charge in [-0.3, -0.25) is 4.68 Å². The minimum Gasteiger partial charge on any atom is -0.497 e. The average Bonchev–Trinajstić information content (AvgIpc) is 3.08. The van der Waals surface area contributed by atoms with Gasteiger partial charge >= 0.3 is 7.12 Å². The van der Waals surface area contributed by atoms with Gasteiger partial charge < -0.3 is 14.8 Å². The predicted molar refractivity (Wildman–Crippen MR) is 78.1 cm³/mol. The van der Waals surface area contributed by atoms with E-state index in [4.69, 9.17) is 4.74 Å². The molecule has 1 saturated carbocycles. The molecule has 0 aliphatic heterocycles. The SMILES string of the molecule is COc1cc2cnn(CC3CCCC3)c2cc1B(O)O. The van der Waals surface area contributed by atoms with Gasteiger partial charge in [0.05, 0.1) is 18.8 Å². The molecule has 1 heterocycles. The fourth-order valence-electron chi connectivity index (χ4n) is 3.08. The Hall–Kier alpha value is -1.53. The highest BCUT2D eigenvalue weighted by atomic mass is 16.5. The van der Waals surface area contributed by atoms with E-state index < -0.39 is 7.12 Å². The van der Waals surface area contributed by atoms with Crippen LogP contribution >= 0.6 is 0 Å². The van der Waals surface area contributed by atoms with Crippen LogP contribution in [0.15, 0.2) is 18.3 Å². The van der Waals surface area contributed by atoms with Gasteiger partial charge in [-0.2, -0.15) is 5.10 Å². The van der Waals surface area contributed by atoms with E-state index >= 15 is 0 Å². The lowest BCUT2D eigenvalue weighted by molar-refractivity contribution is 0.403. The third-order valence-corrected chi connectivity index (χ3v) is 4.18. The van der Waals surface area contributed by atoms with Gasteiger partial charge in [-0.1, -0.05) is 12.8 Å². The van der Waals surface area contributed by atoms with Gasteiger partial charge in [0.25, 0.3) is 0 Å². The molecule has 2 N–H and O–H groups in total. The zero-order valence-electron chi connectivity index (χ0n) is 11.6. The number of benzene rings is 1. The zero-order valence-corrected chi connectivity index (χ0v) is 11.6. The lowest BCUT2D eigenvalue weighted by atomic mass is 9.79. The van der Waals surface area contributed by atoms with Crippen LogP contribution in [0, 0.1) is 5.92 Å². The number of hydrogen-bond donors (Lipinski definition) is 2. The topological polar surface area (TPSA) is 67.5 Å². The molecule has 5 nitrogen and oxygen atoms in total. The number of aromatic nitrogens is 2. The van der Waals surface area contributed by atoms with Crippen molar-refractivity contribution in [3.63, 3.8) is 0 Å². The summed E-state index contributed by atoms with van der Waals surface area (Å²) in [6.07, 6.45) is 6.93. The molecule has 106 valence electrons. The lowest BCUT2D eigenvalue weighted by Gasteiger charge is -2.12. The standard InChI is InChI=1S/C14H19BN2O3/c1-20-14-6-11-8-16-17(9-10-4-2-3-5-10)13(11)7-12(14)15(18)19/h6-8,10,18-19H,2-5,9H2,1H3. The van der Waals surface area contributed by atoms with E-state index in [9.17, 15) is 10.0 Å². The average molecular weight is 274 g/mol. The summed E-state index contributed by atoms with van der Waals surface area (Å²) in [5, 5.41) is 24.3. The van der Waals surface area contributed by atoms with Gasteiger partial charge in [0.15, 0.2) is 0 Å². The summed E-state index contributed by atoms with van der Waals surface area (Å²) in [6.45, 7) is 0.900. The van der Waals surface area contributed by atoms with Gasteiger partial charge in [0.1, 0.15) is 5.75 Å². The maximum atomic E-state index is 9.45. The number of methoxy groups -OCH3 is 1. The monoisotopic (exact) mass is 274 g/mol. The molecular formula is C14H19BN2O3. The smallest absolute Gasteiger partial charge is 0.492 e. The summed E-state index contributed by atoms with van der Waals surface area (Å²) in [5.41, 5.74) is 1.31. The van der Waals surface area contributed by atoms with Crippen molar-refractivity contribution >= 4 is 23.5 Å². The second-order valence-electron chi connectivity index (χ2n) is 5.50. The molecule has 0 unspecified atom stereocenters. The van der Waals surface area contributed by atoms with E-state index in [0.717, 1.165) is 17.4 Å². The minimum atomic E-state index is -1.54. The van der Waals surface area contributed by atoms with Crippen LogP contribution in [-0.4, -0.2) is 34.1 Å². The van der Waals surface area contributed by atoms with Gasteiger partial charge in [-0.05, 0) is 30.9 Å². The van der Waals surface area contributed by atoms with Gasteiger partial charge in [-0.15, -0.1) is 0 Å². The molecule has 20 heavy (non-hydrogen) atoms. The number of rotatable bonds is 4. The maximum Gasteiger partial charge on any atom is 0.492 e. The van der Waals surface area contributed by atoms with Gasteiger partial charge in [0.2, 0.25) is 0 Å². The Labute approximate surface area is 118 Å². The van der Waals surface area contributed by atoms with Crippen molar-refractivity contribution in [2.45, 2.75) is 32.2 Å². The molecular weight excluding hydrogens is 255 g/mol. The molecule has 1 aliphatic rings. The van der Waals surface area contributed by atoms with Crippen molar-refractivity contribution < 1.29 is 14.8 Å². The van der Waals surface area contributed by atoms with Crippen LogP contribution in [0.4, 0.5) is 0 Å². The van der Waals surface area contributed by atoms with E-state index in [1.807, 2.05) is 10.7 Å². The molecule has 3 rings (SSSR count). The molecule has 1 aliphatic carbocycles. The predicted octanol–water partition coefficient (Wildman–Crippen LogP) is 0.915. The highest BCUT2D eigenvalue weighted by molar-refractivity contribution is 6.60. The second kappa shape index (κ2) is 5.46. The normalized spacial score (nSPS) is 15.9. The quantitative estimate of drug-likeness (QED) is 0.813. The number of fused-ring (bicyclic) bond motifs is 1. The molecule has 0 amide bonds. The van der Waals surface area contributed by atoms with Crippen LogP contribution in [0.5, 0.6) is 5.75 Å². The van der Waals surface area contributed by atoms with Crippen LogP contribution in [0.1, 0.15) is 25.7 Å². The number of hydrogen-bond acceptors (Lipinski definition) is 4. The second-order valence-corrected chi connectivity index (χ2v) is 5.50. The first-order chi connectivity index (χ1) is 9.69. The first-order valence-electron chi connectivity index (χ1n) is 7.08. The third-order valence-electron chi connectivity index (χ3n) is 4.18. The molecule has 0 radical (unpaired) electrons. The molecule has 0 atom stereocenters. The third kappa shape index (κ3) is 2.41. The van der Waals surface area contributed by atoms with Crippen molar-refractivity contribution in [3.8, 4) is 5.75 Å². The summed E-state index contributed by atoms with van der Waals surface area (Å²) in [7, 11) is -0.0140. The van der Waals surface area contributed by atoms with Crippen molar-refractivity contribution in [3.05, 3.63) is 18.3 Å². The molecule has 0 saturated heterocycles. The van der Waals surface area contributed by atoms with Crippen molar-refractivity contribution in [2.24, 2.45) is 5.92 Å². The fourth-order valence-corrected chi connectivity index (χ4v) is 3.08.